The van der Waals surface area contributed by atoms with Gasteiger partial charge in [-0.15, -0.1) is 0 Å². The zero-order valence-electron chi connectivity index (χ0n) is 5.53. The molecule has 0 aromatic rings. The van der Waals surface area contributed by atoms with E-state index in [0.717, 1.165) is 12.0 Å². The second-order valence-electron chi connectivity index (χ2n) is 1.90. The van der Waals surface area contributed by atoms with E-state index in [0.29, 0.717) is 0 Å². The molecule has 0 aliphatic carbocycles. The Labute approximate surface area is 59.8 Å². The predicted octanol–water partition coefficient (Wildman–Crippen LogP) is 0.572. The fraction of sp³-hybridized carbons (Fsp3) is 0.600. The third-order valence-corrected chi connectivity index (χ3v) is 1.91. The third-order valence-electron chi connectivity index (χ3n) is 1.18. The van der Waals surface area contributed by atoms with E-state index in [1.54, 1.807) is 0 Å². The van der Waals surface area contributed by atoms with Crippen LogP contribution in [0.15, 0.2) is 11.8 Å². The summed E-state index contributed by atoms with van der Waals surface area (Å²) in [6.07, 6.45) is 1.97. The molecular weight excluding hydrogens is 156 g/mol. The fourth-order valence-electron chi connectivity index (χ4n) is 0.522. The molecule has 1 aliphatic rings. The van der Waals surface area contributed by atoms with Crippen molar-refractivity contribution in [2.24, 2.45) is 0 Å². The SMILES string of the molecule is CCC1=COS(=O)(=O)OC1. The van der Waals surface area contributed by atoms with Crippen LogP contribution in [0.5, 0.6) is 0 Å². The molecular formula is C5H8O4S. The van der Waals surface area contributed by atoms with Crippen molar-refractivity contribution in [3.8, 4) is 0 Å². The van der Waals surface area contributed by atoms with E-state index in [4.69, 9.17) is 0 Å². The van der Waals surface area contributed by atoms with Gasteiger partial charge >= 0.3 is 10.4 Å². The molecule has 0 amide bonds. The van der Waals surface area contributed by atoms with Crippen molar-refractivity contribution in [1.29, 1.82) is 0 Å². The first-order chi connectivity index (χ1) is 4.64. The van der Waals surface area contributed by atoms with Gasteiger partial charge in [0.1, 0.15) is 6.26 Å². The van der Waals surface area contributed by atoms with Crippen LogP contribution in [-0.4, -0.2) is 15.0 Å². The molecule has 1 rings (SSSR count). The lowest BCUT2D eigenvalue weighted by Crippen LogP contribution is -2.14. The van der Waals surface area contributed by atoms with E-state index in [-0.39, 0.29) is 6.61 Å². The van der Waals surface area contributed by atoms with Crippen LogP contribution in [0.4, 0.5) is 0 Å². The van der Waals surface area contributed by atoms with Crippen molar-refractivity contribution in [3.63, 3.8) is 0 Å². The second kappa shape index (κ2) is 2.59. The average Bonchev–Trinajstić information content (AvgIpc) is 1.88. The Morgan fingerprint density at radius 2 is 2.40 bits per heavy atom. The van der Waals surface area contributed by atoms with Gasteiger partial charge in [0, 0.05) is 0 Å². The van der Waals surface area contributed by atoms with Crippen molar-refractivity contribution < 1.29 is 16.8 Å². The molecule has 0 bridgehead atoms. The van der Waals surface area contributed by atoms with Gasteiger partial charge in [0.25, 0.3) is 0 Å². The lowest BCUT2D eigenvalue weighted by molar-refractivity contribution is 0.251. The largest absolute Gasteiger partial charge is 0.448 e. The summed E-state index contributed by atoms with van der Waals surface area (Å²) in [5, 5.41) is 0. The molecule has 0 saturated carbocycles. The van der Waals surface area contributed by atoms with Gasteiger partial charge in [-0.2, -0.15) is 8.42 Å². The highest BCUT2D eigenvalue weighted by Crippen LogP contribution is 2.12. The topological polar surface area (TPSA) is 52.6 Å². The molecule has 0 saturated heterocycles. The Bertz CT molecular complexity index is 238. The van der Waals surface area contributed by atoms with Crippen molar-refractivity contribution in [2.75, 3.05) is 6.61 Å². The summed E-state index contributed by atoms with van der Waals surface area (Å²) < 4.78 is 29.5. The van der Waals surface area contributed by atoms with Gasteiger partial charge in [0.2, 0.25) is 0 Å². The second-order valence-corrected chi connectivity index (χ2v) is 3.14. The summed E-state index contributed by atoms with van der Waals surface area (Å²) in [6, 6.07) is 0. The summed E-state index contributed by atoms with van der Waals surface area (Å²) in [5.74, 6) is 0. The van der Waals surface area contributed by atoms with Crippen LogP contribution >= 0.6 is 0 Å². The number of hydrogen-bond donors (Lipinski definition) is 0. The van der Waals surface area contributed by atoms with E-state index >= 15 is 0 Å². The maximum absolute atomic E-state index is 10.4. The van der Waals surface area contributed by atoms with E-state index < -0.39 is 10.4 Å². The standard InChI is InChI=1S/C5H8O4S/c1-2-5-3-8-10(6,7)9-4-5/h3H,2,4H2,1H3. The van der Waals surface area contributed by atoms with Crippen LogP contribution < -0.4 is 0 Å². The quantitative estimate of drug-likeness (QED) is 0.568. The Balaban J connectivity index is 2.70. The van der Waals surface area contributed by atoms with Crippen LogP contribution in [0, 0.1) is 0 Å². The van der Waals surface area contributed by atoms with Gasteiger partial charge in [-0.25, -0.2) is 4.18 Å². The average molecular weight is 164 g/mol. The Morgan fingerprint density at radius 1 is 1.70 bits per heavy atom. The molecule has 0 aromatic heterocycles. The molecule has 0 N–H and O–H groups in total. The summed E-state index contributed by atoms with van der Waals surface area (Å²) >= 11 is 0. The molecule has 5 heteroatoms. The fourth-order valence-corrected chi connectivity index (χ4v) is 1.13. The molecule has 1 aliphatic heterocycles. The molecule has 10 heavy (non-hydrogen) atoms. The Morgan fingerprint density at radius 3 is 2.80 bits per heavy atom. The molecule has 0 aromatic carbocycles. The maximum atomic E-state index is 10.4. The zero-order valence-corrected chi connectivity index (χ0v) is 6.35. The molecule has 0 fully saturated rings. The predicted molar refractivity (Wildman–Crippen MR) is 34.3 cm³/mol. The molecule has 1 heterocycles. The van der Waals surface area contributed by atoms with E-state index in [9.17, 15) is 8.42 Å². The van der Waals surface area contributed by atoms with Crippen LogP contribution in [0.2, 0.25) is 0 Å². The molecule has 58 valence electrons. The summed E-state index contributed by atoms with van der Waals surface area (Å²) in [6.45, 7) is 2.02. The lowest BCUT2D eigenvalue weighted by Gasteiger charge is -2.11. The van der Waals surface area contributed by atoms with Gasteiger partial charge < -0.3 is 4.18 Å². The minimum atomic E-state index is -3.70. The highest BCUT2D eigenvalue weighted by molar-refractivity contribution is 7.82. The van der Waals surface area contributed by atoms with Crippen molar-refractivity contribution in [2.45, 2.75) is 13.3 Å². The van der Waals surface area contributed by atoms with Gasteiger partial charge in [0.15, 0.2) is 0 Å². The van der Waals surface area contributed by atoms with E-state index in [1.807, 2.05) is 6.92 Å². The van der Waals surface area contributed by atoms with Crippen LogP contribution in [0.1, 0.15) is 13.3 Å². The van der Waals surface area contributed by atoms with Gasteiger partial charge in [-0.05, 0) is 12.0 Å². The van der Waals surface area contributed by atoms with Crippen molar-refractivity contribution >= 4 is 10.4 Å². The monoisotopic (exact) mass is 164 g/mol. The Kier molecular flexibility index (Phi) is 1.96. The van der Waals surface area contributed by atoms with Crippen molar-refractivity contribution in [3.05, 3.63) is 11.8 Å². The lowest BCUT2D eigenvalue weighted by atomic mass is 10.2. The molecule has 4 nitrogen and oxygen atoms in total. The Hall–Kier alpha value is -0.550. The summed E-state index contributed by atoms with van der Waals surface area (Å²) in [5.41, 5.74) is 0.842. The minimum Gasteiger partial charge on any atom is -0.370 e. The molecule has 0 spiro atoms. The molecule has 0 unspecified atom stereocenters. The minimum absolute atomic E-state index is 0.124. The first-order valence-corrected chi connectivity index (χ1v) is 4.23. The summed E-state index contributed by atoms with van der Waals surface area (Å²) in [7, 11) is -3.70. The van der Waals surface area contributed by atoms with Crippen molar-refractivity contribution in [1.82, 2.24) is 0 Å². The van der Waals surface area contributed by atoms with Crippen LogP contribution in [0.25, 0.3) is 0 Å². The first-order valence-electron chi connectivity index (χ1n) is 2.89. The van der Waals surface area contributed by atoms with Crippen LogP contribution in [0.3, 0.4) is 0 Å². The highest BCUT2D eigenvalue weighted by atomic mass is 32.3. The van der Waals surface area contributed by atoms with Crippen LogP contribution in [-0.2, 0) is 18.8 Å². The normalized spacial score (nSPS) is 23.1. The first kappa shape index (κ1) is 7.56. The molecule has 0 atom stereocenters. The van der Waals surface area contributed by atoms with E-state index in [1.165, 1.54) is 6.26 Å². The van der Waals surface area contributed by atoms with Gasteiger partial charge in [-0.3, -0.25) is 0 Å². The molecule has 0 radical (unpaired) electrons. The number of rotatable bonds is 1. The third kappa shape index (κ3) is 1.71. The van der Waals surface area contributed by atoms with Gasteiger partial charge in [-0.1, -0.05) is 6.92 Å². The maximum Gasteiger partial charge on any atom is 0.448 e. The smallest absolute Gasteiger partial charge is 0.370 e. The summed E-state index contributed by atoms with van der Waals surface area (Å²) in [4.78, 5) is 0. The highest BCUT2D eigenvalue weighted by Gasteiger charge is 2.16. The zero-order chi connectivity index (χ0) is 7.61. The van der Waals surface area contributed by atoms with E-state index in [2.05, 4.69) is 8.37 Å². The van der Waals surface area contributed by atoms with Gasteiger partial charge in [0.05, 0.1) is 6.61 Å². The number of hydrogen-bond acceptors (Lipinski definition) is 4.